The molecule has 0 saturated heterocycles. The second kappa shape index (κ2) is 4.38. The van der Waals surface area contributed by atoms with E-state index < -0.39 is 0 Å². The summed E-state index contributed by atoms with van der Waals surface area (Å²) in [6.45, 7) is 3.42. The highest BCUT2D eigenvalue weighted by molar-refractivity contribution is 9.11. The molecular formula is C3H4BrClN2S. The van der Waals surface area contributed by atoms with Crippen LogP contribution in [-0.4, -0.2) is 4.50 Å². The lowest BCUT2D eigenvalue weighted by Gasteiger charge is -1.86. The summed E-state index contributed by atoms with van der Waals surface area (Å²) in [5.41, 5.74) is 0. The molecule has 0 atom stereocenters. The van der Waals surface area contributed by atoms with Crippen LogP contribution in [0.15, 0.2) is 16.2 Å². The first-order valence-electron chi connectivity index (χ1n) is 1.62. The van der Waals surface area contributed by atoms with E-state index in [2.05, 4.69) is 27.5 Å². The van der Waals surface area contributed by atoms with Crippen LogP contribution in [-0.2, 0) is 0 Å². The van der Waals surface area contributed by atoms with Crippen molar-refractivity contribution in [1.82, 2.24) is 0 Å². The molecule has 46 valence electrons. The van der Waals surface area contributed by atoms with Gasteiger partial charge in [0, 0.05) is 0 Å². The van der Waals surface area contributed by atoms with E-state index in [1.807, 2.05) is 0 Å². The summed E-state index contributed by atoms with van der Waals surface area (Å²) in [6, 6.07) is 0. The Hall–Kier alpha value is 0.490. The second-order valence-corrected chi connectivity index (χ2v) is 2.98. The van der Waals surface area contributed by atoms with Crippen molar-refractivity contribution in [3.63, 3.8) is 0 Å². The van der Waals surface area contributed by atoms with Crippen LogP contribution in [0.3, 0.4) is 0 Å². The highest BCUT2D eigenvalue weighted by Gasteiger charge is 1.87. The lowest BCUT2D eigenvalue weighted by molar-refractivity contribution is 1.60. The molecule has 0 spiro atoms. The Morgan fingerprint density at radius 2 is 2.38 bits per heavy atom. The van der Waals surface area contributed by atoms with E-state index in [9.17, 15) is 0 Å². The van der Waals surface area contributed by atoms with Gasteiger partial charge in [0.1, 0.15) is 4.61 Å². The standard InChI is InChI=1S/C3H4BrClN2S/c1-2(4)7-3(5)8-6/h1,6H2/b7-3-. The van der Waals surface area contributed by atoms with Gasteiger partial charge in [0.25, 0.3) is 0 Å². The normalized spacial score (nSPS) is 11.6. The van der Waals surface area contributed by atoms with Crippen molar-refractivity contribution >= 4 is 44.0 Å². The SMILES string of the molecule is C=C(Br)/N=C(/Cl)SN. The van der Waals surface area contributed by atoms with Gasteiger partial charge >= 0.3 is 0 Å². The van der Waals surface area contributed by atoms with Gasteiger partial charge < -0.3 is 0 Å². The zero-order valence-electron chi connectivity index (χ0n) is 3.90. The summed E-state index contributed by atoms with van der Waals surface area (Å²) in [5, 5.41) is 5.01. The largest absolute Gasteiger partial charge is 0.272 e. The first kappa shape index (κ1) is 8.49. The van der Waals surface area contributed by atoms with Gasteiger partial charge in [-0.1, -0.05) is 18.2 Å². The van der Waals surface area contributed by atoms with Crippen molar-refractivity contribution in [2.24, 2.45) is 10.1 Å². The van der Waals surface area contributed by atoms with Gasteiger partial charge in [-0.25, -0.2) is 4.99 Å². The average molecular weight is 216 g/mol. The third-order valence-corrected chi connectivity index (χ3v) is 1.12. The lowest BCUT2D eigenvalue weighted by atomic mass is 11.1. The zero-order chi connectivity index (χ0) is 6.57. The summed E-state index contributed by atoms with van der Waals surface area (Å²) in [4.78, 5) is 3.64. The number of halogens is 2. The number of hydrogen-bond acceptors (Lipinski definition) is 3. The smallest absolute Gasteiger partial charge is 0.178 e. The minimum Gasteiger partial charge on any atom is -0.272 e. The third kappa shape index (κ3) is 4.64. The van der Waals surface area contributed by atoms with E-state index in [0.717, 1.165) is 11.9 Å². The lowest BCUT2D eigenvalue weighted by Crippen LogP contribution is -1.84. The van der Waals surface area contributed by atoms with E-state index in [-0.39, 0.29) is 4.50 Å². The molecular weight excluding hydrogens is 211 g/mol. The van der Waals surface area contributed by atoms with E-state index in [0.29, 0.717) is 4.61 Å². The first-order chi connectivity index (χ1) is 3.66. The van der Waals surface area contributed by atoms with Gasteiger partial charge in [-0.2, -0.15) is 0 Å². The Morgan fingerprint density at radius 1 is 1.88 bits per heavy atom. The molecule has 0 bridgehead atoms. The number of aliphatic imine (C=N–C) groups is 1. The van der Waals surface area contributed by atoms with Crippen LogP contribution >= 0.6 is 39.5 Å². The minimum absolute atomic E-state index is 0.270. The van der Waals surface area contributed by atoms with Crippen molar-refractivity contribution in [2.75, 3.05) is 0 Å². The van der Waals surface area contributed by atoms with E-state index in [1.165, 1.54) is 0 Å². The molecule has 0 fully saturated rings. The Kier molecular flexibility index (Phi) is 4.64. The van der Waals surface area contributed by atoms with Crippen LogP contribution in [0.1, 0.15) is 0 Å². The maximum Gasteiger partial charge on any atom is 0.178 e. The topological polar surface area (TPSA) is 38.4 Å². The molecule has 0 aromatic heterocycles. The molecule has 0 aromatic carbocycles. The molecule has 5 heteroatoms. The Morgan fingerprint density at radius 3 is 2.50 bits per heavy atom. The van der Waals surface area contributed by atoms with E-state index in [1.54, 1.807) is 0 Å². The minimum atomic E-state index is 0.270. The molecule has 0 saturated carbocycles. The molecule has 2 nitrogen and oxygen atoms in total. The molecule has 0 radical (unpaired) electrons. The van der Waals surface area contributed by atoms with Gasteiger partial charge in [-0.15, -0.1) is 0 Å². The zero-order valence-corrected chi connectivity index (χ0v) is 7.05. The van der Waals surface area contributed by atoms with Crippen molar-refractivity contribution < 1.29 is 0 Å². The summed E-state index contributed by atoms with van der Waals surface area (Å²) in [7, 11) is 0. The molecule has 0 heterocycles. The molecule has 0 aliphatic heterocycles. The van der Waals surface area contributed by atoms with E-state index >= 15 is 0 Å². The maximum atomic E-state index is 5.36. The number of nitrogens with two attached hydrogens (primary N) is 1. The Labute approximate surface area is 65.4 Å². The quantitative estimate of drug-likeness (QED) is 0.315. The van der Waals surface area contributed by atoms with Crippen LogP contribution in [0.2, 0.25) is 0 Å². The first-order valence-corrected chi connectivity index (χ1v) is 3.67. The van der Waals surface area contributed by atoms with Gasteiger partial charge in [0.05, 0.1) is 0 Å². The van der Waals surface area contributed by atoms with Crippen LogP contribution in [0.25, 0.3) is 0 Å². The molecule has 0 aromatic rings. The highest BCUT2D eigenvalue weighted by atomic mass is 79.9. The van der Waals surface area contributed by atoms with Crippen molar-refractivity contribution in [2.45, 2.75) is 0 Å². The van der Waals surface area contributed by atoms with Crippen LogP contribution in [0.4, 0.5) is 0 Å². The molecule has 2 N–H and O–H groups in total. The summed E-state index contributed by atoms with van der Waals surface area (Å²) < 4.78 is 0.743. The van der Waals surface area contributed by atoms with Gasteiger partial charge in [-0.3, -0.25) is 5.14 Å². The molecule has 0 amide bonds. The van der Waals surface area contributed by atoms with Gasteiger partial charge in [0.2, 0.25) is 0 Å². The summed E-state index contributed by atoms with van der Waals surface area (Å²) in [6.07, 6.45) is 0. The molecule has 0 aliphatic rings. The fourth-order valence-corrected chi connectivity index (χ4v) is 0.783. The number of hydrogen-bond donors (Lipinski definition) is 1. The highest BCUT2D eigenvalue weighted by Crippen LogP contribution is 2.08. The van der Waals surface area contributed by atoms with E-state index in [4.69, 9.17) is 16.7 Å². The molecule has 8 heavy (non-hydrogen) atoms. The van der Waals surface area contributed by atoms with Crippen LogP contribution < -0.4 is 5.14 Å². The second-order valence-electron chi connectivity index (χ2n) is 0.859. The maximum absolute atomic E-state index is 5.36. The summed E-state index contributed by atoms with van der Waals surface area (Å²) in [5.74, 6) is 0. The third-order valence-electron chi connectivity index (χ3n) is 0.306. The van der Waals surface area contributed by atoms with Crippen LogP contribution in [0.5, 0.6) is 0 Å². The number of rotatable bonds is 1. The van der Waals surface area contributed by atoms with Crippen LogP contribution in [0, 0.1) is 0 Å². The monoisotopic (exact) mass is 214 g/mol. The van der Waals surface area contributed by atoms with Gasteiger partial charge in [-0.05, 0) is 27.9 Å². The summed E-state index contributed by atoms with van der Waals surface area (Å²) >= 11 is 9.22. The van der Waals surface area contributed by atoms with Crippen molar-refractivity contribution in [3.05, 3.63) is 11.2 Å². The molecule has 0 rings (SSSR count). The fraction of sp³-hybridized carbons (Fsp3) is 0. The molecule has 0 unspecified atom stereocenters. The number of nitrogens with zero attached hydrogens (tertiary/aromatic N) is 1. The molecule has 0 aliphatic carbocycles. The predicted molar refractivity (Wildman–Crippen MR) is 43.1 cm³/mol. The van der Waals surface area contributed by atoms with Crippen molar-refractivity contribution in [3.8, 4) is 0 Å². The Bertz CT molecular complexity index is 124. The van der Waals surface area contributed by atoms with Gasteiger partial charge in [0.15, 0.2) is 4.50 Å². The predicted octanol–water partition coefficient (Wildman–Crippen LogP) is 2.05. The van der Waals surface area contributed by atoms with Crippen molar-refractivity contribution in [1.29, 1.82) is 0 Å². The Balaban J connectivity index is 3.75. The average Bonchev–Trinajstić information content (AvgIpc) is 1.65. The fourth-order valence-electron chi connectivity index (χ4n) is 0.122.